The first-order chi connectivity index (χ1) is 12.0. The smallest absolute Gasteiger partial charge is 0.270 e. The van der Waals surface area contributed by atoms with Gasteiger partial charge in [-0.1, -0.05) is 11.3 Å². The predicted molar refractivity (Wildman–Crippen MR) is 92.5 cm³/mol. The van der Waals surface area contributed by atoms with Gasteiger partial charge in [0.25, 0.3) is 11.8 Å². The molecule has 7 nitrogen and oxygen atoms in total. The van der Waals surface area contributed by atoms with Crippen molar-refractivity contribution in [1.82, 2.24) is 9.97 Å². The average Bonchev–Trinajstić information content (AvgIpc) is 2.99. The lowest BCUT2D eigenvalue weighted by molar-refractivity contribution is 0.0997. The van der Waals surface area contributed by atoms with Gasteiger partial charge >= 0.3 is 0 Å². The lowest BCUT2D eigenvalue weighted by Crippen LogP contribution is -2.17. The summed E-state index contributed by atoms with van der Waals surface area (Å²) in [4.78, 5) is 31.8. The second-order valence-corrected chi connectivity index (χ2v) is 5.88. The molecule has 4 N–H and O–H groups in total. The van der Waals surface area contributed by atoms with Crippen LogP contribution in [0.15, 0.2) is 48.8 Å². The van der Waals surface area contributed by atoms with Crippen LogP contribution in [0.5, 0.6) is 0 Å². The quantitative estimate of drug-likeness (QED) is 0.650. The van der Waals surface area contributed by atoms with Gasteiger partial charge in [-0.05, 0) is 36.4 Å². The summed E-state index contributed by atoms with van der Waals surface area (Å²) >= 11 is 1.06. The number of hydrogen-bond donors (Lipinski definition) is 3. The van der Waals surface area contributed by atoms with E-state index in [2.05, 4.69) is 20.6 Å². The molecule has 0 bridgehead atoms. The number of nitrogens with two attached hydrogens (primary N) is 1. The number of thiazole rings is 1. The molecular weight excluding hydrogens is 345 g/mol. The Bertz CT molecular complexity index is 912. The van der Waals surface area contributed by atoms with E-state index in [-0.39, 0.29) is 16.3 Å². The number of carbonyl (C=O) groups excluding carboxylic acids is 2. The lowest BCUT2D eigenvalue weighted by atomic mass is 10.2. The number of halogens is 1. The van der Waals surface area contributed by atoms with Crippen molar-refractivity contribution in [2.75, 3.05) is 10.6 Å². The minimum absolute atomic E-state index is 0.0583. The number of anilines is 3. The highest BCUT2D eigenvalue weighted by molar-refractivity contribution is 7.20. The summed E-state index contributed by atoms with van der Waals surface area (Å²) in [5.74, 6) is -1.72. The van der Waals surface area contributed by atoms with E-state index in [1.54, 1.807) is 24.5 Å². The fraction of sp³-hybridized carbons (Fsp3) is 0. The van der Waals surface area contributed by atoms with Crippen molar-refractivity contribution < 1.29 is 14.0 Å². The summed E-state index contributed by atoms with van der Waals surface area (Å²) in [7, 11) is 0. The molecule has 126 valence electrons. The summed E-state index contributed by atoms with van der Waals surface area (Å²) in [6.07, 6.45) is 3.20. The third-order valence-electron chi connectivity index (χ3n) is 3.13. The van der Waals surface area contributed by atoms with Crippen LogP contribution >= 0.6 is 11.3 Å². The molecule has 0 spiro atoms. The molecule has 2 aromatic heterocycles. The van der Waals surface area contributed by atoms with Crippen LogP contribution in [0.4, 0.5) is 20.2 Å². The van der Waals surface area contributed by atoms with Crippen molar-refractivity contribution in [3.05, 3.63) is 65.9 Å². The first kappa shape index (κ1) is 16.5. The van der Waals surface area contributed by atoms with Gasteiger partial charge < -0.3 is 16.4 Å². The van der Waals surface area contributed by atoms with Crippen molar-refractivity contribution in [2.45, 2.75) is 0 Å². The lowest BCUT2D eigenvalue weighted by Gasteiger charge is -2.03. The van der Waals surface area contributed by atoms with Gasteiger partial charge in [-0.3, -0.25) is 14.6 Å². The Morgan fingerprint density at radius 3 is 2.40 bits per heavy atom. The summed E-state index contributed by atoms with van der Waals surface area (Å²) in [6, 6.07) is 8.47. The molecule has 0 fully saturated rings. The monoisotopic (exact) mass is 357 g/mol. The molecule has 0 saturated heterocycles. The third-order valence-corrected chi connectivity index (χ3v) is 4.01. The molecule has 9 heteroatoms. The largest absolute Gasteiger partial charge is 0.364 e. The number of amides is 2. The Kier molecular flexibility index (Phi) is 4.66. The minimum atomic E-state index is -0.770. The van der Waals surface area contributed by atoms with Crippen LogP contribution in [-0.2, 0) is 0 Å². The molecule has 3 rings (SSSR count). The first-order valence-corrected chi connectivity index (χ1v) is 7.89. The maximum absolute atomic E-state index is 12.9. The van der Waals surface area contributed by atoms with Crippen LogP contribution in [0.1, 0.15) is 20.8 Å². The maximum Gasteiger partial charge on any atom is 0.270 e. The van der Waals surface area contributed by atoms with Crippen LogP contribution in [0.25, 0.3) is 0 Å². The minimum Gasteiger partial charge on any atom is -0.364 e. The molecule has 0 aliphatic carbocycles. The fourth-order valence-corrected chi connectivity index (χ4v) is 2.85. The SMILES string of the molecule is NC(=O)c1nc(Nc2ccncc2)sc1NC(=O)c1ccc(F)cc1. The number of hydrogen-bond acceptors (Lipinski definition) is 6. The molecule has 2 heterocycles. The second kappa shape index (κ2) is 7.05. The number of carbonyl (C=O) groups is 2. The van der Waals surface area contributed by atoms with Gasteiger partial charge in [0.15, 0.2) is 10.8 Å². The first-order valence-electron chi connectivity index (χ1n) is 7.07. The standard InChI is InChI=1S/C16H12FN5O2S/c17-10-3-1-9(2-4-10)14(24)22-15-12(13(18)23)21-16(25-15)20-11-5-7-19-8-6-11/h1-8H,(H2,18,23)(H,22,24)(H,19,20,21). The van der Waals surface area contributed by atoms with Crippen molar-refractivity contribution in [3.63, 3.8) is 0 Å². The predicted octanol–water partition coefficient (Wildman–Crippen LogP) is 2.77. The second-order valence-electron chi connectivity index (χ2n) is 4.88. The number of primary amides is 1. The van der Waals surface area contributed by atoms with Gasteiger partial charge in [-0.2, -0.15) is 0 Å². The molecule has 0 unspecified atom stereocenters. The molecule has 1 aromatic carbocycles. The summed E-state index contributed by atoms with van der Waals surface area (Å²) < 4.78 is 12.9. The average molecular weight is 357 g/mol. The van der Waals surface area contributed by atoms with Gasteiger partial charge in [0.1, 0.15) is 10.8 Å². The molecule has 3 aromatic rings. The third kappa shape index (κ3) is 3.96. The molecule has 25 heavy (non-hydrogen) atoms. The van der Waals surface area contributed by atoms with Crippen LogP contribution < -0.4 is 16.4 Å². The summed E-state index contributed by atoms with van der Waals surface area (Å²) in [5, 5.41) is 6.16. The zero-order valence-corrected chi connectivity index (χ0v) is 13.5. The highest BCUT2D eigenvalue weighted by Gasteiger charge is 2.19. The van der Waals surface area contributed by atoms with Gasteiger partial charge in [0.05, 0.1) is 0 Å². The Morgan fingerprint density at radius 1 is 1.08 bits per heavy atom. The van der Waals surface area contributed by atoms with E-state index < -0.39 is 17.6 Å². The molecular formula is C16H12FN5O2S. The topological polar surface area (TPSA) is 110 Å². The van der Waals surface area contributed by atoms with Gasteiger partial charge in [-0.15, -0.1) is 0 Å². The molecule has 0 atom stereocenters. The highest BCUT2D eigenvalue weighted by atomic mass is 32.1. The van der Waals surface area contributed by atoms with Crippen LogP contribution in [0.2, 0.25) is 0 Å². The van der Waals surface area contributed by atoms with Crippen LogP contribution in [0.3, 0.4) is 0 Å². The van der Waals surface area contributed by atoms with E-state index in [1.165, 1.54) is 24.3 Å². The molecule has 0 aliphatic rings. The number of aromatic nitrogens is 2. The zero-order chi connectivity index (χ0) is 17.8. The van der Waals surface area contributed by atoms with Crippen molar-refractivity contribution in [3.8, 4) is 0 Å². The van der Waals surface area contributed by atoms with Gasteiger partial charge in [0, 0.05) is 23.6 Å². The Hall–Kier alpha value is -3.33. The maximum atomic E-state index is 12.9. The van der Waals surface area contributed by atoms with E-state index in [0.717, 1.165) is 17.0 Å². The van der Waals surface area contributed by atoms with E-state index in [9.17, 15) is 14.0 Å². The highest BCUT2D eigenvalue weighted by Crippen LogP contribution is 2.30. The molecule has 0 radical (unpaired) electrons. The van der Waals surface area contributed by atoms with E-state index in [1.807, 2.05) is 0 Å². The molecule has 2 amide bonds. The normalized spacial score (nSPS) is 10.3. The van der Waals surface area contributed by atoms with Crippen molar-refractivity contribution in [2.24, 2.45) is 5.73 Å². The van der Waals surface area contributed by atoms with E-state index >= 15 is 0 Å². The number of rotatable bonds is 5. The van der Waals surface area contributed by atoms with Crippen LogP contribution in [-0.4, -0.2) is 21.8 Å². The molecule has 0 aliphatic heterocycles. The van der Waals surface area contributed by atoms with Crippen LogP contribution in [0, 0.1) is 5.82 Å². The Balaban J connectivity index is 1.83. The fourth-order valence-electron chi connectivity index (χ4n) is 1.96. The number of nitrogens with one attached hydrogen (secondary N) is 2. The number of nitrogens with zero attached hydrogens (tertiary/aromatic N) is 2. The summed E-state index contributed by atoms with van der Waals surface area (Å²) in [6.45, 7) is 0. The summed E-state index contributed by atoms with van der Waals surface area (Å²) in [5.41, 5.74) is 6.23. The molecule has 0 saturated carbocycles. The van der Waals surface area contributed by atoms with E-state index in [0.29, 0.717) is 5.13 Å². The van der Waals surface area contributed by atoms with Gasteiger partial charge in [0.2, 0.25) is 0 Å². The number of benzene rings is 1. The van der Waals surface area contributed by atoms with E-state index in [4.69, 9.17) is 5.73 Å². The van der Waals surface area contributed by atoms with Crippen molar-refractivity contribution >= 4 is 39.0 Å². The van der Waals surface area contributed by atoms with Gasteiger partial charge in [-0.25, -0.2) is 9.37 Å². The zero-order valence-electron chi connectivity index (χ0n) is 12.7. The Morgan fingerprint density at radius 2 is 1.76 bits per heavy atom. The Labute approximate surface area is 145 Å². The number of pyridine rings is 1. The van der Waals surface area contributed by atoms with Crippen molar-refractivity contribution in [1.29, 1.82) is 0 Å².